The fraction of sp³-hybridized carbons (Fsp3) is 0.692. The Bertz CT molecular complexity index is 392. The van der Waals surface area contributed by atoms with Crippen molar-refractivity contribution in [2.75, 3.05) is 7.11 Å². The van der Waals surface area contributed by atoms with Crippen molar-refractivity contribution in [3.8, 4) is 0 Å². The van der Waals surface area contributed by atoms with Crippen LogP contribution in [0.1, 0.15) is 55.6 Å². The lowest BCUT2D eigenvalue weighted by molar-refractivity contribution is 0.0872. The van der Waals surface area contributed by atoms with Crippen molar-refractivity contribution >= 4 is 0 Å². The van der Waals surface area contributed by atoms with Gasteiger partial charge in [0, 0.05) is 31.5 Å². The second-order valence-corrected chi connectivity index (χ2v) is 4.42. The predicted molar refractivity (Wildman–Crippen MR) is 66.6 cm³/mol. The Morgan fingerprint density at radius 1 is 1.29 bits per heavy atom. The predicted octanol–water partition coefficient (Wildman–Crippen LogP) is 2.13. The van der Waals surface area contributed by atoms with Crippen LogP contribution in [0.25, 0.3) is 0 Å². The second kappa shape index (κ2) is 5.56. The van der Waals surface area contributed by atoms with Crippen molar-refractivity contribution in [1.82, 2.24) is 15.3 Å². The number of methoxy groups -OCH3 is 1. The van der Waals surface area contributed by atoms with Crippen molar-refractivity contribution in [3.63, 3.8) is 0 Å². The van der Waals surface area contributed by atoms with Gasteiger partial charge in [-0.2, -0.15) is 0 Å². The molecular formula is C13H21N3O. The van der Waals surface area contributed by atoms with E-state index in [9.17, 15) is 0 Å². The third-order valence-electron chi connectivity index (χ3n) is 3.25. The van der Waals surface area contributed by atoms with Crippen LogP contribution in [0.5, 0.6) is 0 Å². The van der Waals surface area contributed by atoms with Gasteiger partial charge < -0.3 is 10.1 Å². The van der Waals surface area contributed by atoms with E-state index in [1.165, 1.54) is 11.3 Å². The molecule has 0 aliphatic carbocycles. The summed E-state index contributed by atoms with van der Waals surface area (Å²) in [6.07, 6.45) is 3.06. The first-order valence-electron chi connectivity index (χ1n) is 6.42. The van der Waals surface area contributed by atoms with Gasteiger partial charge in [-0.05, 0) is 12.8 Å². The molecule has 0 saturated carbocycles. The number of nitrogens with one attached hydrogen (secondary N) is 1. The molecule has 1 aliphatic rings. The van der Waals surface area contributed by atoms with E-state index in [0.29, 0.717) is 0 Å². The monoisotopic (exact) mass is 235 g/mol. The van der Waals surface area contributed by atoms with Crippen molar-refractivity contribution in [2.45, 2.75) is 52.3 Å². The largest absolute Gasteiger partial charge is 0.373 e. The number of rotatable bonds is 5. The van der Waals surface area contributed by atoms with Crippen LogP contribution in [-0.2, 0) is 24.2 Å². The number of ether oxygens (including phenoxy) is 1. The number of hydrogen-bond acceptors (Lipinski definition) is 4. The van der Waals surface area contributed by atoms with Gasteiger partial charge in [0.2, 0.25) is 0 Å². The van der Waals surface area contributed by atoms with E-state index in [-0.39, 0.29) is 6.10 Å². The molecule has 1 aromatic heterocycles. The Labute approximate surface area is 103 Å². The first kappa shape index (κ1) is 12.5. The van der Waals surface area contributed by atoms with Gasteiger partial charge in [0.1, 0.15) is 6.10 Å². The average molecular weight is 235 g/mol. The molecular weight excluding hydrogens is 214 g/mol. The summed E-state index contributed by atoms with van der Waals surface area (Å²) in [5, 5.41) is 3.34. The number of nitrogens with zero attached hydrogens (tertiary/aromatic N) is 2. The van der Waals surface area contributed by atoms with E-state index >= 15 is 0 Å². The van der Waals surface area contributed by atoms with Gasteiger partial charge >= 0.3 is 0 Å². The van der Waals surface area contributed by atoms with Crippen LogP contribution in [-0.4, -0.2) is 17.1 Å². The Hall–Kier alpha value is -1.00. The molecule has 0 fully saturated rings. The lowest BCUT2D eigenvalue weighted by Crippen LogP contribution is -2.11. The highest BCUT2D eigenvalue weighted by Crippen LogP contribution is 2.23. The lowest BCUT2D eigenvalue weighted by atomic mass is 10.1. The molecule has 0 radical (unpaired) electrons. The molecule has 4 nitrogen and oxygen atoms in total. The topological polar surface area (TPSA) is 47.0 Å². The van der Waals surface area contributed by atoms with E-state index < -0.39 is 0 Å². The second-order valence-electron chi connectivity index (χ2n) is 4.42. The molecule has 4 heteroatoms. The zero-order valence-electron chi connectivity index (χ0n) is 10.9. The summed E-state index contributed by atoms with van der Waals surface area (Å²) in [5.41, 5.74) is 3.63. The summed E-state index contributed by atoms with van der Waals surface area (Å²) in [6, 6.07) is 0. The molecule has 2 rings (SSSR count). The molecule has 1 aliphatic heterocycles. The molecule has 1 aromatic rings. The minimum Gasteiger partial charge on any atom is -0.373 e. The first-order valence-corrected chi connectivity index (χ1v) is 6.42. The first-order chi connectivity index (χ1) is 8.30. The SMILES string of the molecule is CCCC(OC)c1nc(CC)c2c(n1)CNC2. The van der Waals surface area contributed by atoms with Gasteiger partial charge in [-0.15, -0.1) is 0 Å². The molecule has 0 spiro atoms. The summed E-state index contributed by atoms with van der Waals surface area (Å²) in [4.78, 5) is 9.33. The van der Waals surface area contributed by atoms with E-state index in [1.54, 1.807) is 7.11 Å². The number of fused-ring (bicyclic) bond motifs is 1. The molecule has 1 atom stereocenters. The number of aryl methyl sites for hydroxylation is 1. The minimum absolute atomic E-state index is 0.0381. The highest BCUT2D eigenvalue weighted by atomic mass is 16.5. The van der Waals surface area contributed by atoms with E-state index in [4.69, 9.17) is 4.74 Å². The van der Waals surface area contributed by atoms with Gasteiger partial charge in [-0.3, -0.25) is 0 Å². The number of aromatic nitrogens is 2. The van der Waals surface area contributed by atoms with Crippen LogP contribution in [0.4, 0.5) is 0 Å². The van der Waals surface area contributed by atoms with Gasteiger partial charge in [-0.25, -0.2) is 9.97 Å². The van der Waals surface area contributed by atoms with Gasteiger partial charge in [0.25, 0.3) is 0 Å². The standard InChI is InChI=1S/C13H21N3O/c1-4-6-12(17-3)13-15-10(5-2)9-7-14-8-11(9)16-13/h12,14H,4-8H2,1-3H3. The summed E-state index contributed by atoms with van der Waals surface area (Å²) in [5.74, 6) is 0.855. The molecule has 0 bridgehead atoms. The summed E-state index contributed by atoms with van der Waals surface area (Å²) in [7, 11) is 1.74. The lowest BCUT2D eigenvalue weighted by Gasteiger charge is -2.15. The minimum atomic E-state index is 0.0381. The Morgan fingerprint density at radius 3 is 2.76 bits per heavy atom. The molecule has 17 heavy (non-hydrogen) atoms. The van der Waals surface area contributed by atoms with E-state index in [2.05, 4.69) is 29.1 Å². The highest BCUT2D eigenvalue weighted by molar-refractivity contribution is 5.29. The molecule has 0 saturated heterocycles. The Kier molecular flexibility index (Phi) is 4.07. The average Bonchev–Trinajstić information content (AvgIpc) is 2.82. The Balaban J connectivity index is 2.35. The third kappa shape index (κ3) is 2.48. The van der Waals surface area contributed by atoms with Crippen LogP contribution in [0.2, 0.25) is 0 Å². The van der Waals surface area contributed by atoms with Gasteiger partial charge in [-0.1, -0.05) is 20.3 Å². The zero-order valence-corrected chi connectivity index (χ0v) is 10.9. The fourth-order valence-corrected chi connectivity index (χ4v) is 2.31. The molecule has 0 aromatic carbocycles. The van der Waals surface area contributed by atoms with Crippen molar-refractivity contribution in [1.29, 1.82) is 0 Å². The van der Waals surface area contributed by atoms with Crippen molar-refractivity contribution < 1.29 is 4.74 Å². The number of hydrogen-bond donors (Lipinski definition) is 1. The van der Waals surface area contributed by atoms with Gasteiger partial charge in [0.15, 0.2) is 5.82 Å². The summed E-state index contributed by atoms with van der Waals surface area (Å²) in [6.45, 7) is 6.07. The quantitative estimate of drug-likeness (QED) is 0.849. The van der Waals surface area contributed by atoms with E-state index in [0.717, 1.165) is 43.9 Å². The van der Waals surface area contributed by atoms with E-state index in [1.807, 2.05) is 0 Å². The molecule has 2 heterocycles. The maximum absolute atomic E-state index is 5.49. The molecule has 1 unspecified atom stereocenters. The summed E-state index contributed by atoms with van der Waals surface area (Å²) < 4.78 is 5.49. The van der Waals surface area contributed by atoms with Crippen LogP contribution in [0, 0.1) is 0 Å². The fourth-order valence-electron chi connectivity index (χ4n) is 2.31. The summed E-state index contributed by atoms with van der Waals surface area (Å²) >= 11 is 0. The Morgan fingerprint density at radius 2 is 2.12 bits per heavy atom. The van der Waals surface area contributed by atoms with Crippen molar-refractivity contribution in [3.05, 3.63) is 22.8 Å². The zero-order chi connectivity index (χ0) is 12.3. The van der Waals surface area contributed by atoms with Gasteiger partial charge in [0.05, 0.1) is 5.69 Å². The maximum atomic E-state index is 5.49. The third-order valence-corrected chi connectivity index (χ3v) is 3.25. The van der Waals surface area contributed by atoms with Crippen molar-refractivity contribution in [2.24, 2.45) is 0 Å². The van der Waals surface area contributed by atoms with Crippen LogP contribution >= 0.6 is 0 Å². The molecule has 94 valence electrons. The maximum Gasteiger partial charge on any atom is 0.157 e. The van der Waals surface area contributed by atoms with Crippen LogP contribution in [0.15, 0.2) is 0 Å². The van der Waals surface area contributed by atoms with Crippen LogP contribution in [0.3, 0.4) is 0 Å². The normalized spacial score (nSPS) is 15.9. The smallest absolute Gasteiger partial charge is 0.157 e. The molecule has 0 amide bonds. The van der Waals surface area contributed by atoms with Crippen LogP contribution < -0.4 is 5.32 Å². The highest BCUT2D eigenvalue weighted by Gasteiger charge is 2.21. The molecule has 1 N–H and O–H groups in total.